The van der Waals surface area contributed by atoms with Gasteiger partial charge in [-0.2, -0.15) is 0 Å². The van der Waals surface area contributed by atoms with Gasteiger partial charge in [0.1, 0.15) is 5.82 Å². The van der Waals surface area contributed by atoms with Gasteiger partial charge < -0.3 is 15.2 Å². The van der Waals surface area contributed by atoms with Gasteiger partial charge in [0.15, 0.2) is 5.82 Å². The Bertz CT molecular complexity index is 498. The molecule has 0 radical (unpaired) electrons. The Morgan fingerprint density at radius 2 is 2.35 bits per heavy atom. The smallest absolute Gasteiger partial charge is 0.223 e. The number of fused-ring (bicyclic) bond motifs is 1. The molecule has 110 valence electrons. The molecule has 1 saturated heterocycles. The van der Waals surface area contributed by atoms with Gasteiger partial charge in [0.25, 0.3) is 0 Å². The summed E-state index contributed by atoms with van der Waals surface area (Å²) in [4.78, 5) is 12.4. The molecule has 0 aromatic carbocycles. The molecule has 1 aromatic rings. The van der Waals surface area contributed by atoms with E-state index in [1.54, 1.807) is 0 Å². The number of nitrogens with zero attached hydrogens (tertiary/aromatic N) is 3. The Morgan fingerprint density at radius 3 is 3.15 bits per heavy atom. The Hall–Kier alpha value is -1.43. The average Bonchev–Trinajstić information content (AvgIpc) is 3.00. The van der Waals surface area contributed by atoms with Crippen LogP contribution in [0.25, 0.3) is 0 Å². The maximum Gasteiger partial charge on any atom is 0.223 e. The number of rotatable bonds is 3. The molecule has 1 aromatic heterocycles. The first-order valence-electron chi connectivity index (χ1n) is 7.61. The molecule has 2 aliphatic rings. The third kappa shape index (κ3) is 2.57. The van der Waals surface area contributed by atoms with Crippen LogP contribution in [0, 0.1) is 5.92 Å². The number of carbonyl (C=O) groups is 1. The summed E-state index contributed by atoms with van der Waals surface area (Å²) in [6.07, 6.45) is 3.96. The fraction of sp³-hybridized carbons (Fsp3) is 0.786. The standard InChI is InChI=1S/C14H23N5O/c1-9-8-11(5-6-15-9)14(20)16-10(2)13-18-17-12-4-3-7-19(12)13/h9-11,15H,3-8H2,1-2H3,(H,16,20). The maximum atomic E-state index is 12.4. The highest BCUT2D eigenvalue weighted by Crippen LogP contribution is 2.21. The summed E-state index contributed by atoms with van der Waals surface area (Å²) in [5.74, 6) is 2.22. The molecule has 3 heterocycles. The normalized spacial score (nSPS) is 27.1. The molecule has 0 spiro atoms. The van der Waals surface area contributed by atoms with E-state index in [-0.39, 0.29) is 17.9 Å². The number of aryl methyl sites for hydroxylation is 1. The molecule has 1 amide bonds. The highest BCUT2D eigenvalue weighted by Gasteiger charge is 2.28. The highest BCUT2D eigenvalue weighted by atomic mass is 16.2. The third-order valence-corrected chi connectivity index (χ3v) is 4.38. The lowest BCUT2D eigenvalue weighted by atomic mass is 9.92. The van der Waals surface area contributed by atoms with Gasteiger partial charge in [-0.15, -0.1) is 10.2 Å². The van der Waals surface area contributed by atoms with E-state index >= 15 is 0 Å². The predicted octanol–water partition coefficient (Wildman–Crippen LogP) is 0.790. The van der Waals surface area contributed by atoms with Crippen molar-refractivity contribution < 1.29 is 4.79 Å². The van der Waals surface area contributed by atoms with Gasteiger partial charge >= 0.3 is 0 Å². The fourth-order valence-corrected chi connectivity index (χ4v) is 3.26. The van der Waals surface area contributed by atoms with Crippen LogP contribution >= 0.6 is 0 Å². The minimum atomic E-state index is -0.0629. The monoisotopic (exact) mass is 277 g/mol. The molecule has 20 heavy (non-hydrogen) atoms. The predicted molar refractivity (Wildman–Crippen MR) is 75.1 cm³/mol. The molecule has 2 aliphatic heterocycles. The molecule has 6 nitrogen and oxygen atoms in total. The maximum absolute atomic E-state index is 12.4. The molecule has 2 N–H and O–H groups in total. The van der Waals surface area contributed by atoms with Crippen molar-refractivity contribution in [2.75, 3.05) is 6.54 Å². The van der Waals surface area contributed by atoms with Crippen molar-refractivity contribution in [3.8, 4) is 0 Å². The third-order valence-electron chi connectivity index (χ3n) is 4.38. The van der Waals surface area contributed by atoms with E-state index in [0.29, 0.717) is 6.04 Å². The van der Waals surface area contributed by atoms with Crippen molar-refractivity contribution in [3.63, 3.8) is 0 Å². The lowest BCUT2D eigenvalue weighted by Crippen LogP contribution is -2.43. The van der Waals surface area contributed by atoms with Crippen LogP contribution in [-0.4, -0.2) is 33.3 Å². The van der Waals surface area contributed by atoms with Gasteiger partial charge in [-0.05, 0) is 39.7 Å². The summed E-state index contributed by atoms with van der Waals surface area (Å²) in [6, 6.07) is 0.360. The van der Waals surface area contributed by atoms with Crippen molar-refractivity contribution >= 4 is 5.91 Å². The van der Waals surface area contributed by atoms with E-state index in [0.717, 1.165) is 50.4 Å². The van der Waals surface area contributed by atoms with Crippen LogP contribution in [0.4, 0.5) is 0 Å². The van der Waals surface area contributed by atoms with Crippen molar-refractivity contribution in [2.45, 2.75) is 58.2 Å². The van der Waals surface area contributed by atoms with E-state index in [9.17, 15) is 4.79 Å². The number of piperidine rings is 1. The van der Waals surface area contributed by atoms with E-state index in [4.69, 9.17) is 0 Å². The summed E-state index contributed by atoms with van der Waals surface area (Å²) in [7, 11) is 0. The first kappa shape index (κ1) is 13.5. The van der Waals surface area contributed by atoms with Crippen LogP contribution in [0.3, 0.4) is 0 Å². The Labute approximate surface area is 119 Å². The van der Waals surface area contributed by atoms with E-state index < -0.39 is 0 Å². The van der Waals surface area contributed by atoms with Crippen LogP contribution < -0.4 is 10.6 Å². The molecule has 0 aliphatic carbocycles. The van der Waals surface area contributed by atoms with Crippen molar-refractivity contribution in [1.29, 1.82) is 0 Å². The van der Waals surface area contributed by atoms with Crippen molar-refractivity contribution in [2.24, 2.45) is 5.92 Å². The second-order valence-electron chi connectivity index (χ2n) is 6.04. The number of hydrogen-bond acceptors (Lipinski definition) is 4. The molecule has 3 unspecified atom stereocenters. The quantitative estimate of drug-likeness (QED) is 0.857. The summed E-state index contributed by atoms with van der Waals surface area (Å²) in [6.45, 7) is 6.03. The van der Waals surface area contributed by atoms with Crippen molar-refractivity contribution in [1.82, 2.24) is 25.4 Å². The number of nitrogens with one attached hydrogen (secondary N) is 2. The zero-order valence-corrected chi connectivity index (χ0v) is 12.2. The van der Waals surface area contributed by atoms with Gasteiger partial charge in [0, 0.05) is 24.9 Å². The number of hydrogen-bond donors (Lipinski definition) is 2. The Kier molecular flexibility index (Phi) is 3.74. The zero-order chi connectivity index (χ0) is 14.1. The fourth-order valence-electron chi connectivity index (χ4n) is 3.26. The minimum Gasteiger partial charge on any atom is -0.346 e. The largest absolute Gasteiger partial charge is 0.346 e. The molecule has 3 atom stereocenters. The van der Waals surface area contributed by atoms with Gasteiger partial charge in [-0.3, -0.25) is 4.79 Å². The summed E-state index contributed by atoms with van der Waals surface area (Å²) in [5, 5.41) is 14.9. The van der Waals surface area contributed by atoms with Crippen LogP contribution in [0.2, 0.25) is 0 Å². The first-order chi connectivity index (χ1) is 9.65. The van der Waals surface area contributed by atoms with Gasteiger partial charge in [-0.1, -0.05) is 0 Å². The van der Waals surface area contributed by atoms with Crippen LogP contribution in [-0.2, 0) is 17.8 Å². The van der Waals surface area contributed by atoms with E-state index in [2.05, 4.69) is 32.3 Å². The molecule has 0 saturated carbocycles. The average molecular weight is 277 g/mol. The SMILES string of the molecule is CC1CC(C(=O)NC(C)c2nnc3n2CCC3)CCN1. The highest BCUT2D eigenvalue weighted by molar-refractivity contribution is 5.79. The minimum absolute atomic E-state index is 0.0629. The molecular formula is C14H23N5O. The lowest BCUT2D eigenvalue weighted by Gasteiger charge is -2.28. The van der Waals surface area contributed by atoms with Crippen LogP contribution in [0.1, 0.15) is 50.8 Å². The van der Waals surface area contributed by atoms with Crippen LogP contribution in [0.15, 0.2) is 0 Å². The molecule has 1 fully saturated rings. The first-order valence-corrected chi connectivity index (χ1v) is 7.61. The number of aromatic nitrogens is 3. The second-order valence-corrected chi connectivity index (χ2v) is 6.04. The summed E-state index contributed by atoms with van der Waals surface area (Å²) in [5.41, 5.74) is 0. The second kappa shape index (κ2) is 5.52. The number of amides is 1. The topological polar surface area (TPSA) is 71.8 Å². The van der Waals surface area contributed by atoms with Crippen molar-refractivity contribution in [3.05, 3.63) is 11.6 Å². The molecule has 6 heteroatoms. The summed E-state index contributed by atoms with van der Waals surface area (Å²) >= 11 is 0. The van der Waals surface area contributed by atoms with Gasteiger partial charge in [0.05, 0.1) is 6.04 Å². The lowest BCUT2D eigenvalue weighted by molar-refractivity contribution is -0.126. The molecule has 3 rings (SSSR count). The Balaban J connectivity index is 1.63. The van der Waals surface area contributed by atoms with Gasteiger partial charge in [-0.25, -0.2) is 0 Å². The molecular weight excluding hydrogens is 254 g/mol. The van der Waals surface area contributed by atoms with E-state index in [1.165, 1.54) is 0 Å². The van der Waals surface area contributed by atoms with E-state index in [1.807, 2.05) is 6.92 Å². The zero-order valence-electron chi connectivity index (χ0n) is 12.2. The Morgan fingerprint density at radius 1 is 1.50 bits per heavy atom. The van der Waals surface area contributed by atoms with Crippen LogP contribution in [0.5, 0.6) is 0 Å². The molecule has 0 bridgehead atoms. The number of carbonyl (C=O) groups excluding carboxylic acids is 1. The van der Waals surface area contributed by atoms with Gasteiger partial charge in [0.2, 0.25) is 5.91 Å². The summed E-state index contributed by atoms with van der Waals surface area (Å²) < 4.78 is 2.15.